The lowest BCUT2D eigenvalue weighted by Gasteiger charge is -2.20. The van der Waals surface area contributed by atoms with E-state index in [0.29, 0.717) is 11.6 Å². The average Bonchev–Trinajstić information content (AvgIpc) is 2.90. The monoisotopic (exact) mass is 351 g/mol. The van der Waals surface area contributed by atoms with E-state index in [1.165, 1.54) is 6.33 Å². The highest BCUT2D eigenvalue weighted by molar-refractivity contribution is 9.10. The quantitative estimate of drug-likeness (QED) is 0.785. The zero-order valence-electron chi connectivity index (χ0n) is 10.6. The lowest BCUT2D eigenvalue weighted by Crippen LogP contribution is -2.17. The van der Waals surface area contributed by atoms with Crippen LogP contribution in [0.25, 0.3) is 10.9 Å². The summed E-state index contributed by atoms with van der Waals surface area (Å²) in [5.74, 6) is 0.804. The van der Waals surface area contributed by atoms with Crippen molar-refractivity contribution in [3.63, 3.8) is 0 Å². The number of nitrogens with zero attached hydrogens (tertiary/aromatic N) is 4. The van der Waals surface area contributed by atoms with Crippen molar-refractivity contribution in [3.05, 3.63) is 46.0 Å². The molecule has 0 amide bonds. The van der Waals surface area contributed by atoms with Crippen molar-refractivity contribution in [1.29, 1.82) is 0 Å². The van der Waals surface area contributed by atoms with Crippen LogP contribution in [0.5, 0.6) is 0 Å². The summed E-state index contributed by atoms with van der Waals surface area (Å²) < 4.78 is 0.928. The van der Waals surface area contributed by atoms with Gasteiger partial charge in [0.1, 0.15) is 12.2 Å². The van der Waals surface area contributed by atoms with Crippen LogP contribution in [0.1, 0.15) is 5.82 Å². The molecule has 1 aromatic carbocycles. The van der Waals surface area contributed by atoms with Crippen LogP contribution in [0.2, 0.25) is 5.02 Å². The molecule has 5 nitrogen and oxygen atoms in total. The molecule has 7 heteroatoms. The summed E-state index contributed by atoms with van der Waals surface area (Å²) in [6, 6.07) is 5.82. The van der Waals surface area contributed by atoms with Crippen LogP contribution in [0, 0.1) is 0 Å². The highest BCUT2D eigenvalue weighted by atomic mass is 79.9. The van der Waals surface area contributed by atoms with Crippen molar-refractivity contribution in [2.75, 3.05) is 11.9 Å². The lowest BCUT2D eigenvalue weighted by atomic mass is 10.1. The first kappa shape index (κ1) is 13.3. The normalized spacial score (nSPS) is 10.9. The number of rotatable bonds is 3. The second-order valence-electron chi connectivity index (χ2n) is 4.40. The molecule has 0 unspecified atom stereocenters. The van der Waals surface area contributed by atoms with Crippen molar-refractivity contribution in [1.82, 2.24) is 20.2 Å². The first-order valence-electron chi connectivity index (χ1n) is 5.94. The topological polar surface area (TPSA) is 57.7 Å². The van der Waals surface area contributed by atoms with Gasteiger partial charge in [-0.15, -0.1) is 0 Å². The molecule has 1 N–H and O–H groups in total. The molecular formula is C13H11BrClN5. The number of nitrogens with one attached hydrogen (secondary N) is 1. The molecule has 0 aliphatic carbocycles. The lowest BCUT2D eigenvalue weighted by molar-refractivity contribution is 0.846. The fourth-order valence-corrected chi connectivity index (χ4v) is 2.97. The first-order valence-corrected chi connectivity index (χ1v) is 7.11. The number of hydrogen-bond donors (Lipinski definition) is 1. The van der Waals surface area contributed by atoms with Gasteiger partial charge in [0, 0.05) is 28.8 Å². The van der Waals surface area contributed by atoms with E-state index < -0.39 is 0 Å². The number of fused-ring (bicyclic) bond motifs is 1. The maximum atomic E-state index is 6.24. The molecule has 2 aromatic heterocycles. The summed E-state index contributed by atoms with van der Waals surface area (Å²) in [6.07, 6.45) is 3.26. The van der Waals surface area contributed by atoms with Crippen LogP contribution in [0.4, 0.5) is 5.69 Å². The number of benzene rings is 1. The number of aromatic nitrogens is 4. The second kappa shape index (κ2) is 5.38. The van der Waals surface area contributed by atoms with Gasteiger partial charge < -0.3 is 4.90 Å². The standard InChI is InChI=1S/C13H11BrClN5/c1-20(6-12-17-7-18-19-12)11-2-3-16-13-9(11)4-8(14)5-10(13)15/h2-5,7H,6H2,1H3,(H,17,18,19). The summed E-state index contributed by atoms with van der Waals surface area (Å²) in [6.45, 7) is 0.628. The minimum atomic E-state index is 0.628. The SMILES string of the molecule is CN(Cc1ncn[nH]1)c1ccnc2c(Cl)cc(Br)cc12. The van der Waals surface area contributed by atoms with Gasteiger partial charge >= 0.3 is 0 Å². The molecule has 0 saturated carbocycles. The summed E-state index contributed by atoms with van der Waals surface area (Å²) >= 11 is 9.71. The molecule has 0 saturated heterocycles. The highest BCUT2D eigenvalue weighted by Gasteiger charge is 2.11. The van der Waals surface area contributed by atoms with Gasteiger partial charge in [-0.1, -0.05) is 27.5 Å². The molecule has 0 bridgehead atoms. The van der Waals surface area contributed by atoms with E-state index in [9.17, 15) is 0 Å². The van der Waals surface area contributed by atoms with Crippen molar-refractivity contribution in [2.24, 2.45) is 0 Å². The van der Waals surface area contributed by atoms with Crippen LogP contribution >= 0.6 is 27.5 Å². The van der Waals surface area contributed by atoms with E-state index in [1.54, 1.807) is 6.20 Å². The predicted octanol–water partition coefficient (Wildman–Crippen LogP) is 3.41. The van der Waals surface area contributed by atoms with Crippen molar-refractivity contribution in [2.45, 2.75) is 6.54 Å². The summed E-state index contributed by atoms with van der Waals surface area (Å²) in [5.41, 5.74) is 1.83. The molecule has 0 fully saturated rings. The largest absolute Gasteiger partial charge is 0.366 e. The van der Waals surface area contributed by atoms with E-state index >= 15 is 0 Å². The van der Waals surface area contributed by atoms with E-state index in [4.69, 9.17) is 11.6 Å². The van der Waals surface area contributed by atoms with Crippen LogP contribution in [-0.4, -0.2) is 27.2 Å². The second-order valence-corrected chi connectivity index (χ2v) is 5.72. The fraction of sp³-hybridized carbons (Fsp3) is 0.154. The Balaban J connectivity index is 2.06. The maximum Gasteiger partial charge on any atom is 0.143 e. The molecule has 0 aliphatic rings. The number of anilines is 1. The average molecular weight is 353 g/mol. The fourth-order valence-electron chi connectivity index (χ4n) is 2.11. The molecular weight excluding hydrogens is 342 g/mol. The molecule has 0 aliphatic heterocycles. The summed E-state index contributed by atoms with van der Waals surface area (Å²) in [7, 11) is 1.99. The van der Waals surface area contributed by atoms with Gasteiger partial charge in [0.25, 0.3) is 0 Å². The number of halogens is 2. The predicted molar refractivity (Wildman–Crippen MR) is 82.9 cm³/mol. The summed E-state index contributed by atoms with van der Waals surface area (Å²) in [4.78, 5) is 10.6. The number of aromatic amines is 1. The van der Waals surface area contributed by atoms with Crippen LogP contribution < -0.4 is 4.90 Å². The Morgan fingerprint density at radius 3 is 2.95 bits per heavy atom. The van der Waals surface area contributed by atoms with Gasteiger partial charge in [0.2, 0.25) is 0 Å². The van der Waals surface area contributed by atoms with Gasteiger partial charge in [-0.25, -0.2) is 4.98 Å². The van der Waals surface area contributed by atoms with Crippen LogP contribution in [-0.2, 0) is 6.54 Å². The van der Waals surface area contributed by atoms with Gasteiger partial charge in [-0.3, -0.25) is 10.1 Å². The van der Waals surface area contributed by atoms with Gasteiger partial charge in [0.15, 0.2) is 0 Å². The zero-order valence-corrected chi connectivity index (χ0v) is 13.0. The molecule has 0 radical (unpaired) electrons. The third-order valence-corrected chi connectivity index (χ3v) is 3.75. The van der Waals surface area contributed by atoms with E-state index in [2.05, 4.69) is 41.0 Å². The number of pyridine rings is 1. The van der Waals surface area contributed by atoms with Crippen LogP contribution in [0.3, 0.4) is 0 Å². The molecule has 3 aromatic rings. The molecule has 0 atom stereocenters. The third kappa shape index (κ3) is 2.48. The van der Waals surface area contributed by atoms with Gasteiger partial charge in [-0.2, -0.15) is 5.10 Å². The molecule has 20 heavy (non-hydrogen) atoms. The zero-order chi connectivity index (χ0) is 14.1. The van der Waals surface area contributed by atoms with Crippen molar-refractivity contribution in [3.8, 4) is 0 Å². The Morgan fingerprint density at radius 2 is 2.20 bits per heavy atom. The highest BCUT2D eigenvalue weighted by Crippen LogP contribution is 2.32. The first-order chi connectivity index (χ1) is 9.65. The third-order valence-electron chi connectivity index (χ3n) is 3.00. The van der Waals surface area contributed by atoms with Crippen molar-refractivity contribution < 1.29 is 0 Å². The van der Waals surface area contributed by atoms with E-state index in [0.717, 1.165) is 26.9 Å². The van der Waals surface area contributed by atoms with E-state index in [1.807, 2.05) is 25.2 Å². The van der Waals surface area contributed by atoms with Crippen molar-refractivity contribution >= 4 is 44.1 Å². The minimum Gasteiger partial charge on any atom is -0.366 e. The number of hydrogen-bond acceptors (Lipinski definition) is 4. The minimum absolute atomic E-state index is 0.628. The molecule has 0 spiro atoms. The Labute approximate surface area is 129 Å². The van der Waals surface area contributed by atoms with Gasteiger partial charge in [0.05, 0.1) is 17.1 Å². The smallest absolute Gasteiger partial charge is 0.143 e. The van der Waals surface area contributed by atoms with Gasteiger partial charge in [-0.05, 0) is 18.2 Å². The Morgan fingerprint density at radius 1 is 1.35 bits per heavy atom. The summed E-state index contributed by atoms with van der Waals surface area (Å²) in [5, 5.41) is 8.33. The molecule has 102 valence electrons. The molecule has 3 rings (SSSR count). The Bertz CT molecular complexity index is 744. The Hall–Kier alpha value is -1.66. The van der Waals surface area contributed by atoms with E-state index in [-0.39, 0.29) is 0 Å². The Kier molecular flexibility index (Phi) is 3.58. The number of H-pyrrole nitrogens is 1. The van der Waals surface area contributed by atoms with Crippen LogP contribution in [0.15, 0.2) is 35.2 Å². The molecule has 2 heterocycles. The maximum absolute atomic E-state index is 6.24.